The number of carbonyl (C=O) groups is 1. The van der Waals surface area contributed by atoms with Gasteiger partial charge >= 0.3 is 0 Å². The summed E-state index contributed by atoms with van der Waals surface area (Å²) in [5.74, 6) is 1.07. The molecule has 0 atom stereocenters. The lowest BCUT2D eigenvalue weighted by atomic mass is 9.60. The van der Waals surface area contributed by atoms with Crippen LogP contribution in [0.2, 0.25) is 0 Å². The molecule has 0 radical (unpaired) electrons. The molecule has 104 valence electrons. The van der Waals surface area contributed by atoms with Crippen LogP contribution < -0.4 is 0 Å². The standard InChI is InChI=1S/C16H28O2/c1-2-18-13-15(17)16(11-7-4-8-12-16)14-9-5-3-6-10-14/h14H,2-13H2,1H3. The first kappa shape index (κ1) is 14.0. The van der Waals surface area contributed by atoms with E-state index in [4.69, 9.17) is 4.74 Å². The van der Waals surface area contributed by atoms with Crippen LogP contribution in [0, 0.1) is 11.3 Å². The molecule has 2 saturated carbocycles. The highest BCUT2D eigenvalue weighted by molar-refractivity contribution is 5.86. The molecule has 0 heterocycles. The second-order valence-electron chi connectivity index (χ2n) is 6.11. The third kappa shape index (κ3) is 2.96. The Balaban J connectivity index is 2.08. The molecule has 0 aliphatic heterocycles. The minimum absolute atomic E-state index is 0.00611. The van der Waals surface area contributed by atoms with E-state index in [0.717, 1.165) is 12.8 Å². The highest BCUT2D eigenvalue weighted by Crippen LogP contribution is 2.48. The van der Waals surface area contributed by atoms with E-state index >= 15 is 0 Å². The van der Waals surface area contributed by atoms with Crippen LogP contribution in [0.1, 0.15) is 71.1 Å². The van der Waals surface area contributed by atoms with Crippen molar-refractivity contribution in [3.63, 3.8) is 0 Å². The van der Waals surface area contributed by atoms with Crippen molar-refractivity contribution in [2.45, 2.75) is 71.1 Å². The van der Waals surface area contributed by atoms with E-state index in [-0.39, 0.29) is 5.41 Å². The van der Waals surface area contributed by atoms with Crippen LogP contribution in [0.4, 0.5) is 0 Å². The zero-order chi connectivity index (χ0) is 12.8. The summed E-state index contributed by atoms with van der Waals surface area (Å²) in [4.78, 5) is 12.7. The molecule has 0 aromatic rings. The SMILES string of the molecule is CCOCC(=O)C1(C2CCCCC2)CCCCC1. The van der Waals surface area contributed by atoms with E-state index < -0.39 is 0 Å². The van der Waals surface area contributed by atoms with Gasteiger partial charge in [-0.25, -0.2) is 0 Å². The summed E-state index contributed by atoms with van der Waals surface area (Å²) in [6, 6.07) is 0. The highest BCUT2D eigenvalue weighted by atomic mass is 16.5. The van der Waals surface area contributed by atoms with E-state index in [9.17, 15) is 4.79 Å². The predicted molar refractivity (Wildman–Crippen MR) is 73.6 cm³/mol. The van der Waals surface area contributed by atoms with Crippen LogP contribution in [0.5, 0.6) is 0 Å². The molecule has 0 aromatic carbocycles. The summed E-state index contributed by atoms with van der Waals surface area (Å²) in [7, 11) is 0. The lowest BCUT2D eigenvalue weighted by Gasteiger charge is -2.44. The zero-order valence-electron chi connectivity index (χ0n) is 11.9. The van der Waals surface area contributed by atoms with Crippen LogP contribution in [0.15, 0.2) is 0 Å². The van der Waals surface area contributed by atoms with E-state index in [2.05, 4.69) is 0 Å². The molecule has 0 amide bonds. The number of hydrogen-bond acceptors (Lipinski definition) is 2. The van der Waals surface area contributed by atoms with Crippen LogP contribution in [-0.4, -0.2) is 19.0 Å². The van der Waals surface area contributed by atoms with Crippen LogP contribution in [-0.2, 0) is 9.53 Å². The first-order chi connectivity index (χ1) is 8.79. The summed E-state index contributed by atoms with van der Waals surface area (Å²) in [6.07, 6.45) is 12.6. The smallest absolute Gasteiger partial charge is 0.164 e. The highest BCUT2D eigenvalue weighted by Gasteiger charge is 2.45. The minimum Gasteiger partial charge on any atom is -0.374 e. The Kier molecular flexibility index (Phi) is 5.23. The van der Waals surface area contributed by atoms with Gasteiger partial charge in [0.15, 0.2) is 5.78 Å². The van der Waals surface area contributed by atoms with Gasteiger partial charge < -0.3 is 4.74 Å². The second kappa shape index (κ2) is 6.70. The third-order valence-corrected chi connectivity index (χ3v) is 5.13. The fraction of sp³-hybridized carbons (Fsp3) is 0.938. The average molecular weight is 252 g/mol. The molecule has 0 unspecified atom stereocenters. The monoisotopic (exact) mass is 252 g/mol. The molecule has 2 nitrogen and oxygen atoms in total. The van der Waals surface area contributed by atoms with Crippen molar-refractivity contribution in [3.8, 4) is 0 Å². The lowest BCUT2D eigenvalue weighted by Crippen LogP contribution is -2.43. The molecule has 0 spiro atoms. The molecular weight excluding hydrogens is 224 g/mol. The van der Waals surface area contributed by atoms with Crippen LogP contribution in [0.25, 0.3) is 0 Å². The zero-order valence-corrected chi connectivity index (χ0v) is 11.9. The first-order valence-electron chi connectivity index (χ1n) is 7.90. The molecule has 2 aliphatic rings. The Morgan fingerprint density at radius 1 is 1.06 bits per heavy atom. The molecule has 2 fully saturated rings. The van der Waals surface area contributed by atoms with Gasteiger partial charge in [0.25, 0.3) is 0 Å². The lowest BCUT2D eigenvalue weighted by molar-refractivity contribution is -0.140. The van der Waals surface area contributed by atoms with Crippen LogP contribution >= 0.6 is 0 Å². The Morgan fingerprint density at radius 2 is 1.67 bits per heavy atom. The third-order valence-electron chi connectivity index (χ3n) is 5.13. The fourth-order valence-electron chi connectivity index (χ4n) is 4.09. The van der Waals surface area contributed by atoms with E-state index in [1.54, 1.807) is 0 Å². The predicted octanol–water partition coefficient (Wildman–Crippen LogP) is 4.12. The molecule has 0 aromatic heterocycles. The minimum atomic E-state index is -0.00611. The number of rotatable bonds is 5. The number of ketones is 1. The van der Waals surface area contributed by atoms with Crippen molar-refractivity contribution in [1.29, 1.82) is 0 Å². The van der Waals surface area contributed by atoms with Crippen molar-refractivity contribution in [1.82, 2.24) is 0 Å². The number of hydrogen-bond donors (Lipinski definition) is 0. The Labute approximate surface area is 111 Å². The van der Waals surface area contributed by atoms with Gasteiger partial charge in [-0.15, -0.1) is 0 Å². The molecule has 2 aliphatic carbocycles. The molecule has 18 heavy (non-hydrogen) atoms. The van der Waals surface area contributed by atoms with Crippen molar-refractivity contribution in [2.75, 3.05) is 13.2 Å². The summed E-state index contributed by atoms with van der Waals surface area (Å²) in [6.45, 7) is 2.99. The van der Waals surface area contributed by atoms with E-state index in [0.29, 0.717) is 24.9 Å². The molecule has 2 heteroatoms. The second-order valence-corrected chi connectivity index (χ2v) is 6.11. The van der Waals surface area contributed by atoms with Gasteiger partial charge in [0, 0.05) is 12.0 Å². The summed E-state index contributed by atoms with van der Waals surface area (Å²) < 4.78 is 5.41. The summed E-state index contributed by atoms with van der Waals surface area (Å²) in [5, 5.41) is 0. The van der Waals surface area contributed by atoms with Crippen molar-refractivity contribution in [2.24, 2.45) is 11.3 Å². The van der Waals surface area contributed by atoms with Gasteiger partial charge in [0.2, 0.25) is 0 Å². The Hall–Kier alpha value is -0.370. The van der Waals surface area contributed by atoms with Gasteiger partial charge in [-0.05, 0) is 38.5 Å². The average Bonchev–Trinajstić information content (AvgIpc) is 2.46. The van der Waals surface area contributed by atoms with Gasteiger partial charge in [-0.1, -0.05) is 38.5 Å². The van der Waals surface area contributed by atoms with Crippen molar-refractivity contribution < 1.29 is 9.53 Å². The molecule has 0 N–H and O–H groups in total. The quantitative estimate of drug-likeness (QED) is 0.735. The first-order valence-corrected chi connectivity index (χ1v) is 7.90. The van der Waals surface area contributed by atoms with Gasteiger partial charge in [0.1, 0.15) is 6.61 Å². The van der Waals surface area contributed by atoms with Gasteiger partial charge in [-0.2, -0.15) is 0 Å². The van der Waals surface area contributed by atoms with Gasteiger partial charge in [-0.3, -0.25) is 4.79 Å². The topological polar surface area (TPSA) is 26.3 Å². The molecule has 2 rings (SSSR count). The number of carbonyl (C=O) groups excluding carboxylic acids is 1. The fourth-order valence-corrected chi connectivity index (χ4v) is 4.09. The van der Waals surface area contributed by atoms with Crippen molar-refractivity contribution in [3.05, 3.63) is 0 Å². The maximum atomic E-state index is 12.7. The molecule has 0 saturated heterocycles. The maximum Gasteiger partial charge on any atom is 0.164 e. The molecule has 0 bridgehead atoms. The number of ether oxygens (including phenoxy) is 1. The largest absolute Gasteiger partial charge is 0.374 e. The van der Waals surface area contributed by atoms with Gasteiger partial charge in [0.05, 0.1) is 0 Å². The Morgan fingerprint density at radius 3 is 2.28 bits per heavy atom. The number of Topliss-reactive ketones (excluding diaryl/α,β-unsaturated/α-hetero) is 1. The normalized spacial score (nSPS) is 24.9. The Bertz CT molecular complexity index is 260. The summed E-state index contributed by atoms with van der Waals surface area (Å²) >= 11 is 0. The molecular formula is C16H28O2. The van der Waals surface area contributed by atoms with E-state index in [1.807, 2.05) is 6.92 Å². The van der Waals surface area contributed by atoms with Crippen molar-refractivity contribution >= 4 is 5.78 Å². The maximum absolute atomic E-state index is 12.7. The van der Waals surface area contributed by atoms with Crippen LogP contribution in [0.3, 0.4) is 0 Å². The summed E-state index contributed by atoms with van der Waals surface area (Å²) in [5.41, 5.74) is -0.00611. The van der Waals surface area contributed by atoms with E-state index in [1.165, 1.54) is 51.4 Å².